The Morgan fingerprint density at radius 3 is 2.55 bits per heavy atom. The zero-order valence-corrected chi connectivity index (χ0v) is 11.7. The number of halogens is 2. The molecule has 2 nitrogen and oxygen atoms in total. The number of rotatable bonds is 5. The van der Waals surface area contributed by atoms with Crippen molar-refractivity contribution in [1.29, 1.82) is 0 Å². The molecule has 0 bridgehead atoms. The van der Waals surface area contributed by atoms with Crippen molar-refractivity contribution < 1.29 is 8.78 Å². The number of hydrogen-bond acceptors (Lipinski definition) is 2. The maximum Gasteiger partial charge on any atom is 0.131 e. The van der Waals surface area contributed by atoms with Crippen LogP contribution >= 0.6 is 0 Å². The van der Waals surface area contributed by atoms with E-state index >= 15 is 0 Å². The lowest BCUT2D eigenvalue weighted by atomic mass is 10.1. The second kappa shape index (κ2) is 6.48. The molecule has 0 heterocycles. The Balaban J connectivity index is 2.03. The molecule has 1 N–H and O–H groups in total. The molecule has 2 aromatic carbocycles. The molecule has 0 aromatic heterocycles. The summed E-state index contributed by atoms with van der Waals surface area (Å²) in [6.45, 7) is 1.18. The molecular formula is C16H18F2N2. The van der Waals surface area contributed by atoms with E-state index < -0.39 is 11.6 Å². The lowest BCUT2D eigenvalue weighted by Gasteiger charge is -2.12. The van der Waals surface area contributed by atoms with E-state index in [1.165, 1.54) is 17.7 Å². The van der Waals surface area contributed by atoms with Crippen molar-refractivity contribution in [3.05, 3.63) is 65.2 Å². The number of nitrogens with one attached hydrogen (secondary N) is 1. The highest BCUT2D eigenvalue weighted by Gasteiger charge is 2.04. The molecule has 2 rings (SSSR count). The normalized spacial score (nSPS) is 10.8. The molecule has 106 valence electrons. The number of anilines is 1. The molecule has 0 atom stereocenters. The van der Waals surface area contributed by atoms with Gasteiger partial charge < -0.3 is 10.2 Å². The first kappa shape index (κ1) is 14.5. The minimum Gasteiger partial charge on any atom is -0.381 e. The highest BCUT2D eigenvalue weighted by atomic mass is 19.1. The van der Waals surface area contributed by atoms with Crippen LogP contribution in [0.25, 0.3) is 0 Å². The molecule has 4 heteroatoms. The number of hydrogen-bond donors (Lipinski definition) is 1. The highest BCUT2D eigenvalue weighted by Crippen LogP contribution is 2.15. The van der Waals surface area contributed by atoms with Crippen LogP contribution in [-0.2, 0) is 13.1 Å². The number of nitrogens with zero attached hydrogens (tertiary/aromatic N) is 1. The molecule has 0 aliphatic carbocycles. The summed E-state index contributed by atoms with van der Waals surface area (Å²) < 4.78 is 26.3. The van der Waals surface area contributed by atoms with Gasteiger partial charge in [0.25, 0.3) is 0 Å². The van der Waals surface area contributed by atoms with Crippen molar-refractivity contribution in [3.8, 4) is 0 Å². The predicted octanol–water partition coefficient (Wildman–Crippen LogP) is 3.64. The maximum atomic E-state index is 13.5. The lowest BCUT2D eigenvalue weighted by Crippen LogP contribution is -2.11. The van der Waals surface area contributed by atoms with Gasteiger partial charge in [0.2, 0.25) is 0 Å². The summed E-state index contributed by atoms with van der Waals surface area (Å²) >= 11 is 0. The van der Waals surface area contributed by atoms with E-state index in [0.717, 1.165) is 18.3 Å². The summed E-state index contributed by atoms with van der Waals surface area (Å²) in [6.07, 6.45) is 0. The van der Waals surface area contributed by atoms with Crippen molar-refractivity contribution in [2.24, 2.45) is 0 Å². The third kappa shape index (κ3) is 4.03. The molecule has 0 aliphatic heterocycles. The third-order valence-corrected chi connectivity index (χ3v) is 2.92. The van der Waals surface area contributed by atoms with Crippen LogP contribution in [0, 0.1) is 11.6 Å². The Kier molecular flexibility index (Phi) is 4.69. The van der Waals surface area contributed by atoms with Crippen LogP contribution in [0.5, 0.6) is 0 Å². The largest absolute Gasteiger partial charge is 0.381 e. The van der Waals surface area contributed by atoms with Gasteiger partial charge in [0.05, 0.1) is 0 Å². The van der Waals surface area contributed by atoms with E-state index in [0.29, 0.717) is 12.1 Å². The smallest absolute Gasteiger partial charge is 0.131 e. The lowest BCUT2D eigenvalue weighted by molar-refractivity contribution is 0.402. The molecule has 0 unspecified atom stereocenters. The van der Waals surface area contributed by atoms with Gasteiger partial charge in [-0.05, 0) is 37.9 Å². The predicted molar refractivity (Wildman–Crippen MR) is 77.5 cm³/mol. The summed E-state index contributed by atoms with van der Waals surface area (Å²) in [4.78, 5) is 2.08. The first-order valence-corrected chi connectivity index (χ1v) is 6.46. The van der Waals surface area contributed by atoms with Crippen LogP contribution in [-0.4, -0.2) is 19.0 Å². The average Bonchev–Trinajstić information content (AvgIpc) is 2.37. The SMILES string of the molecule is CN(C)Cc1cccc(NCc2ccc(F)cc2F)c1. The first-order valence-electron chi connectivity index (χ1n) is 6.46. The Morgan fingerprint density at radius 2 is 1.85 bits per heavy atom. The van der Waals surface area contributed by atoms with E-state index in [4.69, 9.17) is 0 Å². The van der Waals surface area contributed by atoms with Crippen LogP contribution in [0.2, 0.25) is 0 Å². The minimum absolute atomic E-state index is 0.331. The van der Waals surface area contributed by atoms with Crippen molar-refractivity contribution in [2.45, 2.75) is 13.1 Å². The van der Waals surface area contributed by atoms with E-state index in [-0.39, 0.29) is 0 Å². The zero-order valence-electron chi connectivity index (χ0n) is 11.7. The molecule has 0 saturated carbocycles. The average molecular weight is 276 g/mol. The molecule has 0 spiro atoms. The fourth-order valence-corrected chi connectivity index (χ4v) is 2.01. The Labute approximate surface area is 118 Å². The molecule has 0 fully saturated rings. The van der Waals surface area contributed by atoms with E-state index in [9.17, 15) is 8.78 Å². The zero-order chi connectivity index (χ0) is 14.5. The summed E-state index contributed by atoms with van der Waals surface area (Å²) in [6, 6.07) is 11.6. The van der Waals surface area contributed by atoms with Crippen molar-refractivity contribution in [2.75, 3.05) is 19.4 Å². The quantitative estimate of drug-likeness (QED) is 0.897. The molecular weight excluding hydrogens is 258 g/mol. The van der Waals surface area contributed by atoms with Gasteiger partial charge in [0.15, 0.2) is 0 Å². The van der Waals surface area contributed by atoms with Crippen molar-refractivity contribution >= 4 is 5.69 Å². The second-order valence-corrected chi connectivity index (χ2v) is 5.03. The van der Waals surface area contributed by atoms with Crippen molar-refractivity contribution in [3.63, 3.8) is 0 Å². The number of benzene rings is 2. The molecule has 0 aliphatic rings. The van der Waals surface area contributed by atoms with E-state index in [1.807, 2.05) is 38.4 Å². The maximum absolute atomic E-state index is 13.5. The highest BCUT2D eigenvalue weighted by molar-refractivity contribution is 5.46. The molecule has 20 heavy (non-hydrogen) atoms. The second-order valence-electron chi connectivity index (χ2n) is 5.03. The van der Waals surface area contributed by atoms with Gasteiger partial charge in [0.1, 0.15) is 11.6 Å². The van der Waals surface area contributed by atoms with Gasteiger partial charge >= 0.3 is 0 Å². The van der Waals surface area contributed by atoms with Gasteiger partial charge in [-0.2, -0.15) is 0 Å². The Hall–Kier alpha value is -1.94. The fraction of sp³-hybridized carbons (Fsp3) is 0.250. The summed E-state index contributed by atoms with van der Waals surface area (Å²) in [7, 11) is 4.02. The third-order valence-electron chi connectivity index (χ3n) is 2.92. The van der Waals surface area contributed by atoms with Crippen molar-refractivity contribution in [1.82, 2.24) is 4.90 Å². The topological polar surface area (TPSA) is 15.3 Å². The Bertz CT molecular complexity index is 582. The summed E-state index contributed by atoms with van der Waals surface area (Å²) in [5.74, 6) is -1.08. The van der Waals surface area contributed by atoms with Crippen LogP contribution in [0.3, 0.4) is 0 Å². The van der Waals surface area contributed by atoms with Gasteiger partial charge in [-0.15, -0.1) is 0 Å². The Morgan fingerprint density at radius 1 is 1.05 bits per heavy atom. The van der Waals surface area contributed by atoms with Gasteiger partial charge in [-0.25, -0.2) is 8.78 Å². The summed E-state index contributed by atoms with van der Waals surface area (Å²) in [5, 5.41) is 3.15. The van der Waals surface area contributed by atoms with E-state index in [1.54, 1.807) is 0 Å². The van der Waals surface area contributed by atoms with Crippen LogP contribution in [0.15, 0.2) is 42.5 Å². The minimum atomic E-state index is -0.556. The van der Waals surface area contributed by atoms with Crippen LogP contribution in [0.1, 0.15) is 11.1 Å². The van der Waals surface area contributed by atoms with Crippen LogP contribution < -0.4 is 5.32 Å². The molecule has 0 amide bonds. The molecule has 0 radical (unpaired) electrons. The van der Waals surface area contributed by atoms with E-state index in [2.05, 4.69) is 10.2 Å². The van der Waals surface area contributed by atoms with Gasteiger partial charge in [-0.3, -0.25) is 0 Å². The molecule has 0 saturated heterocycles. The fourth-order valence-electron chi connectivity index (χ4n) is 2.01. The standard InChI is InChI=1S/C16H18F2N2/c1-20(2)11-12-4-3-5-15(8-12)19-10-13-6-7-14(17)9-16(13)18/h3-9,19H,10-11H2,1-2H3. The summed E-state index contributed by atoms with van der Waals surface area (Å²) in [5.41, 5.74) is 2.55. The first-order chi connectivity index (χ1) is 9.54. The monoisotopic (exact) mass is 276 g/mol. The van der Waals surface area contributed by atoms with Gasteiger partial charge in [-0.1, -0.05) is 18.2 Å². The van der Waals surface area contributed by atoms with Crippen LogP contribution in [0.4, 0.5) is 14.5 Å². The van der Waals surface area contributed by atoms with Gasteiger partial charge in [0, 0.05) is 30.4 Å². The molecule has 2 aromatic rings.